The first-order chi connectivity index (χ1) is 10.8. The van der Waals surface area contributed by atoms with Crippen molar-refractivity contribution in [2.45, 2.75) is 6.54 Å². The molecule has 0 unspecified atom stereocenters. The summed E-state index contributed by atoms with van der Waals surface area (Å²) >= 11 is 7.59. The molecule has 3 aromatic rings. The Balaban J connectivity index is 2.09. The number of benzene rings is 2. The van der Waals surface area contributed by atoms with Gasteiger partial charge in [0.1, 0.15) is 0 Å². The summed E-state index contributed by atoms with van der Waals surface area (Å²) < 4.78 is 2.15. The van der Waals surface area contributed by atoms with Gasteiger partial charge in [-0.15, -0.1) is 11.3 Å². The van der Waals surface area contributed by atoms with Gasteiger partial charge in [0, 0.05) is 23.5 Å². The van der Waals surface area contributed by atoms with E-state index in [9.17, 15) is 0 Å². The summed E-state index contributed by atoms with van der Waals surface area (Å²) in [6, 6.07) is 17.8. The van der Waals surface area contributed by atoms with Crippen LogP contribution in [0.4, 0.5) is 5.69 Å². The van der Waals surface area contributed by atoms with Crippen molar-refractivity contribution < 1.29 is 0 Å². The highest BCUT2D eigenvalue weighted by molar-refractivity contribution is 7.07. The number of thiazole rings is 1. The Kier molecular flexibility index (Phi) is 4.73. The van der Waals surface area contributed by atoms with Crippen LogP contribution in [0.3, 0.4) is 0 Å². The lowest BCUT2D eigenvalue weighted by Gasteiger charge is -2.07. The van der Waals surface area contributed by atoms with Crippen LogP contribution in [0.1, 0.15) is 0 Å². The first-order valence-electron chi connectivity index (χ1n) is 7.02. The minimum absolute atomic E-state index is 0.569. The normalized spacial score (nSPS) is 11.8. The van der Waals surface area contributed by atoms with E-state index in [1.807, 2.05) is 54.6 Å². The molecule has 0 aliphatic rings. The second kappa shape index (κ2) is 6.92. The molecule has 0 aliphatic carbocycles. The molecular formula is C17H16ClN3S. The molecule has 2 aromatic carbocycles. The van der Waals surface area contributed by atoms with Crippen LogP contribution in [0.2, 0.25) is 5.02 Å². The third-order valence-corrected chi connectivity index (χ3v) is 4.39. The van der Waals surface area contributed by atoms with Gasteiger partial charge < -0.3 is 10.3 Å². The maximum Gasteiger partial charge on any atom is 0.190 e. The summed E-state index contributed by atoms with van der Waals surface area (Å²) in [6.45, 7) is 1.30. The molecule has 0 aliphatic heterocycles. The second-order valence-corrected chi connectivity index (χ2v) is 6.07. The summed E-state index contributed by atoms with van der Waals surface area (Å²) in [5.74, 6) is 0. The maximum atomic E-state index is 5.97. The molecule has 0 atom stereocenters. The standard InChI is InChI=1S/C17H16ClN3S/c18-14-8-6-13(7-9-14)16-12-22-17(21(16)11-10-19)20-15-4-2-1-3-5-15/h1-9,12H,10-11,19H2/b20-17-. The monoisotopic (exact) mass is 329 g/mol. The molecule has 0 amide bonds. The molecule has 0 radical (unpaired) electrons. The van der Waals surface area contributed by atoms with Crippen molar-refractivity contribution in [3.05, 3.63) is 69.8 Å². The van der Waals surface area contributed by atoms with Gasteiger partial charge in [0.15, 0.2) is 4.80 Å². The van der Waals surface area contributed by atoms with E-state index in [0.29, 0.717) is 6.54 Å². The molecule has 0 saturated carbocycles. The Hall–Kier alpha value is -1.88. The zero-order chi connectivity index (χ0) is 15.4. The van der Waals surface area contributed by atoms with E-state index in [1.165, 1.54) is 0 Å². The average molecular weight is 330 g/mol. The van der Waals surface area contributed by atoms with E-state index in [1.54, 1.807) is 11.3 Å². The number of rotatable bonds is 4. The third kappa shape index (κ3) is 3.30. The molecule has 3 nitrogen and oxygen atoms in total. The van der Waals surface area contributed by atoms with Crippen molar-refractivity contribution in [1.29, 1.82) is 0 Å². The van der Waals surface area contributed by atoms with E-state index in [0.717, 1.165) is 33.3 Å². The van der Waals surface area contributed by atoms with Gasteiger partial charge in [-0.25, -0.2) is 4.99 Å². The number of para-hydroxylation sites is 1. The zero-order valence-corrected chi connectivity index (χ0v) is 13.5. The smallest absolute Gasteiger partial charge is 0.190 e. The van der Waals surface area contributed by atoms with Gasteiger partial charge in [0.2, 0.25) is 0 Å². The minimum atomic E-state index is 0.569. The fourth-order valence-electron chi connectivity index (χ4n) is 2.23. The van der Waals surface area contributed by atoms with Gasteiger partial charge in [-0.2, -0.15) is 0 Å². The van der Waals surface area contributed by atoms with Crippen LogP contribution in [0.5, 0.6) is 0 Å². The quantitative estimate of drug-likeness (QED) is 0.770. The largest absolute Gasteiger partial charge is 0.329 e. The molecule has 112 valence electrons. The lowest BCUT2D eigenvalue weighted by Crippen LogP contribution is -2.20. The molecule has 1 aromatic heterocycles. The van der Waals surface area contributed by atoms with Crippen molar-refractivity contribution in [3.63, 3.8) is 0 Å². The summed E-state index contributed by atoms with van der Waals surface area (Å²) in [7, 11) is 0. The maximum absolute atomic E-state index is 5.97. The predicted molar refractivity (Wildman–Crippen MR) is 93.5 cm³/mol. The Morgan fingerprint density at radius 1 is 1.05 bits per heavy atom. The van der Waals surface area contributed by atoms with Crippen LogP contribution >= 0.6 is 22.9 Å². The first kappa shape index (κ1) is 15.0. The van der Waals surface area contributed by atoms with Gasteiger partial charge in [0.05, 0.1) is 11.4 Å². The van der Waals surface area contributed by atoms with E-state index >= 15 is 0 Å². The number of nitrogens with zero attached hydrogens (tertiary/aromatic N) is 2. The summed E-state index contributed by atoms with van der Waals surface area (Å²) in [6.07, 6.45) is 0. The fourth-order valence-corrected chi connectivity index (χ4v) is 3.31. The van der Waals surface area contributed by atoms with E-state index in [4.69, 9.17) is 22.3 Å². The Morgan fingerprint density at radius 2 is 1.77 bits per heavy atom. The predicted octanol–water partition coefficient (Wildman–Crippen LogP) is 4.06. The number of aromatic nitrogens is 1. The zero-order valence-electron chi connectivity index (χ0n) is 11.9. The number of hydrogen-bond donors (Lipinski definition) is 1. The SMILES string of the molecule is NCCn1c(-c2ccc(Cl)cc2)cs/c1=N\c1ccccc1. The first-order valence-corrected chi connectivity index (χ1v) is 8.28. The highest BCUT2D eigenvalue weighted by atomic mass is 35.5. The lowest BCUT2D eigenvalue weighted by atomic mass is 10.2. The summed E-state index contributed by atoms with van der Waals surface area (Å²) in [5, 5.41) is 2.85. The lowest BCUT2D eigenvalue weighted by molar-refractivity contribution is 0.695. The van der Waals surface area contributed by atoms with E-state index < -0.39 is 0 Å². The second-order valence-electron chi connectivity index (χ2n) is 4.80. The third-order valence-electron chi connectivity index (χ3n) is 3.27. The highest BCUT2D eigenvalue weighted by Gasteiger charge is 2.07. The van der Waals surface area contributed by atoms with Crippen molar-refractivity contribution in [2.75, 3.05) is 6.54 Å². The molecule has 0 spiro atoms. The Labute approximate surface area is 138 Å². The molecule has 0 bridgehead atoms. The minimum Gasteiger partial charge on any atom is -0.329 e. The molecule has 0 fully saturated rings. The molecule has 3 rings (SSSR count). The van der Waals surface area contributed by atoms with Gasteiger partial charge >= 0.3 is 0 Å². The van der Waals surface area contributed by atoms with Crippen LogP contribution in [-0.2, 0) is 6.54 Å². The summed E-state index contributed by atoms with van der Waals surface area (Å²) in [4.78, 5) is 5.67. The Morgan fingerprint density at radius 3 is 2.45 bits per heavy atom. The van der Waals surface area contributed by atoms with Gasteiger partial charge in [-0.05, 0) is 29.8 Å². The average Bonchev–Trinajstić information content (AvgIpc) is 2.92. The highest BCUT2D eigenvalue weighted by Crippen LogP contribution is 2.22. The van der Waals surface area contributed by atoms with Gasteiger partial charge in [-0.1, -0.05) is 41.9 Å². The van der Waals surface area contributed by atoms with Crippen LogP contribution in [0.25, 0.3) is 11.3 Å². The van der Waals surface area contributed by atoms with Crippen LogP contribution in [0, 0.1) is 0 Å². The van der Waals surface area contributed by atoms with Crippen LogP contribution in [-0.4, -0.2) is 11.1 Å². The molecule has 2 N–H and O–H groups in total. The van der Waals surface area contributed by atoms with Crippen molar-refractivity contribution in [2.24, 2.45) is 10.7 Å². The van der Waals surface area contributed by atoms with Gasteiger partial charge in [-0.3, -0.25) is 0 Å². The van der Waals surface area contributed by atoms with E-state index in [-0.39, 0.29) is 0 Å². The van der Waals surface area contributed by atoms with Crippen LogP contribution in [0.15, 0.2) is 65.0 Å². The molecule has 1 heterocycles. The Bertz CT molecular complexity index is 804. The topological polar surface area (TPSA) is 43.3 Å². The molecular weight excluding hydrogens is 314 g/mol. The van der Waals surface area contributed by atoms with Gasteiger partial charge in [0.25, 0.3) is 0 Å². The van der Waals surface area contributed by atoms with E-state index in [2.05, 4.69) is 9.95 Å². The fraction of sp³-hybridized carbons (Fsp3) is 0.118. The molecule has 0 saturated heterocycles. The number of hydrogen-bond acceptors (Lipinski definition) is 3. The molecule has 5 heteroatoms. The molecule has 22 heavy (non-hydrogen) atoms. The van der Waals surface area contributed by atoms with Crippen molar-refractivity contribution in [3.8, 4) is 11.3 Å². The van der Waals surface area contributed by atoms with Crippen molar-refractivity contribution >= 4 is 28.6 Å². The van der Waals surface area contributed by atoms with Crippen LogP contribution < -0.4 is 10.5 Å². The number of nitrogens with two attached hydrogens (primary N) is 1. The van der Waals surface area contributed by atoms with Crippen molar-refractivity contribution in [1.82, 2.24) is 4.57 Å². The number of halogens is 1. The summed E-state index contributed by atoms with van der Waals surface area (Å²) in [5.41, 5.74) is 8.94.